The van der Waals surface area contributed by atoms with Gasteiger partial charge in [-0.1, -0.05) is 0 Å². The van der Waals surface area contributed by atoms with E-state index in [-0.39, 0.29) is 10.2 Å². The average molecular weight is 218 g/mol. The number of nitrogens with one attached hydrogen (secondary N) is 1. The van der Waals surface area contributed by atoms with Gasteiger partial charge in [-0.15, -0.1) is 0 Å². The van der Waals surface area contributed by atoms with Crippen LogP contribution in [0.1, 0.15) is 10.4 Å². The van der Waals surface area contributed by atoms with Crippen molar-refractivity contribution in [2.45, 2.75) is 0 Å². The van der Waals surface area contributed by atoms with Gasteiger partial charge in [0.15, 0.2) is 5.43 Å². The van der Waals surface area contributed by atoms with Crippen LogP contribution in [-0.2, 0) is 0 Å². The summed E-state index contributed by atoms with van der Waals surface area (Å²) in [6, 6.07) is 1.16. The van der Waals surface area contributed by atoms with Gasteiger partial charge in [0.05, 0.1) is 0 Å². The molecule has 2 N–H and O–H groups in total. The number of pyridine rings is 1. The molecule has 0 radical (unpaired) electrons. The summed E-state index contributed by atoms with van der Waals surface area (Å²) in [5.41, 5.74) is -0.782. The number of rotatable bonds is 1. The van der Waals surface area contributed by atoms with Gasteiger partial charge in [0.25, 0.3) is 0 Å². The summed E-state index contributed by atoms with van der Waals surface area (Å²) >= 11 is 2.91. The lowest BCUT2D eigenvalue weighted by Crippen LogP contribution is -2.14. The highest BCUT2D eigenvalue weighted by molar-refractivity contribution is 9.10. The van der Waals surface area contributed by atoms with E-state index < -0.39 is 11.4 Å². The van der Waals surface area contributed by atoms with Gasteiger partial charge in [-0.2, -0.15) is 0 Å². The average Bonchev–Trinajstić information content (AvgIpc) is 1.85. The lowest BCUT2D eigenvalue weighted by molar-refractivity contribution is 0.0694. The molecule has 0 spiro atoms. The van der Waals surface area contributed by atoms with Crippen LogP contribution in [0.15, 0.2) is 21.7 Å². The molecule has 0 atom stereocenters. The Hall–Kier alpha value is -1.10. The third-order valence-corrected chi connectivity index (χ3v) is 1.75. The lowest BCUT2D eigenvalue weighted by atomic mass is 10.3. The maximum absolute atomic E-state index is 10.9. The fourth-order valence-electron chi connectivity index (χ4n) is 0.653. The normalized spacial score (nSPS) is 9.55. The predicted octanol–water partition coefficient (Wildman–Crippen LogP) is 0.836. The van der Waals surface area contributed by atoms with Crippen molar-refractivity contribution in [3.05, 3.63) is 32.7 Å². The third-order valence-electron chi connectivity index (χ3n) is 1.12. The van der Waals surface area contributed by atoms with Crippen molar-refractivity contribution in [1.29, 1.82) is 0 Å². The first-order valence-electron chi connectivity index (χ1n) is 2.73. The first-order chi connectivity index (χ1) is 5.13. The molecule has 58 valence electrons. The Kier molecular flexibility index (Phi) is 2.09. The summed E-state index contributed by atoms with van der Waals surface area (Å²) in [4.78, 5) is 23.8. The van der Waals surface area contributed by atoms with Gasteiger partial charge in [-0.3, -0.25) is 4.79 Å². The largest absolute Gasteiger partial charge is 0.477 e. The van der Waals surface area contributed by atoms with Crippen LogP contribution < -0.4 is 5.43 Å². The van der Waals surface area contributed by atoms with Crippen LogP contribution in [0.3, 0.4) is 0 Å². The molecular weight excluding hydrogens is 214 g/mol. The van der Waals surface area contributed by atoms with Crippen LogP contribution in [0.5, 0.6) is 0 Å². The van der Waals surface area contributed by atoms with Crippen LogP contribution in [0.4, 0.5) is 0 Å². The maximum Gasteiger partial charge on any atom is 0.342 e. The topological polar surface area (TPSA) is 70.2 Å². The van der Waals surface area contributed by atoms with E-state index in [1.807, 2.05) is 0 Å². The Morgan fingerprint density at radius 2 is 2.27 bits per heavy atom. The van der Waals surface area contributed by atoms with Crippen LogP contribution in [-0.4, -0.2) is 16.1 Å². The molecule has 0 aliphatic rings. The summed E-state index contributed by atoms with van der Waals surface area (Å²) in [5, 5.41) is 8.50. The van der Waals surface area contributed by atoms with Gasteiger partial charge in [0, 0.05) is 12.3 Å². The predicted molar refractivity (Wildman–Crippen MR) is 41.7 cm³/mol. The number of aromatic amines is 1. The van der Waals surface area contributed by atoms with E-state index in [0.717, 1.165) is 6.07 Å². The maximum atomic E-state index is 10.9. The van der Waals surface area contributed by atoms with Gasteiger partial charge in [-0.05, 0) is 15.9 Å². The highest BCUT2D eigenvalue weighted by Crippen LogP contribution is 2.07. The zero-order valence-corrected chi connectivity index (χ0v) is 6.88. The summed E-state index contributed by atoms with van der Waals surface area (Å²) in [7, 11) is 0. The number of carboxylic acid groups (broad SMARTS) is 1. The first-order valence-corrected chi connectivity index (χ1v) is 3.52. The molecule has 0 unspecified atom stereocenters. The van der Waals surface area contributed by atoms with Crippen LogP contribution in [0, 0.1) is 0 Å². The number of halogens is 1. The zero-order valence-electron chi connectivity index (χ0n) is 5.30. The van der Waals surface area contributed by atoms with E-state index in [9.17, 15) is 9.59 Å². The summed E-state index contributed by atoms with van der Waals surface area (Å²) in [6.45, 7) is 0. The molecule has 1 aromatic rings. The number of hydrogen-bond donors (Lipinski definition) is 2. The fourth-order valence-corrected chi connectivity index (χ4v) is 1.15. The minimum atomic E-state index is -1.24. The lowest BCUT2D eigenvalue weighted by Gasteiger charge is -1.94. The number of carbonyl (C=O) groups is 1. The van der Waals surface area contributed by atoms with E-state index in [4.69, 9.17) is 5.11 Å². The Morgan fingerprint density at radius 3 is 2.64 bits per heavy atom. The molecule has 0 aliphatic carbocycles. The van der Waals surface area contributed by atoms with Crippen LogP contribution in [0.25, 0.3) is 0 Å². The molecule has 4 nitrogen and oxygen atoms in total. The quantitative estimate of drug-likeness (QED) is 0.686. The van der Waals surface area contributed by atoms with E-state index in [2.05, 4.69) is 20.9 Å². The Morgan fingerprint density at radius 1 is 1.64 bits per heavy atom. The second kappa shape index (κ2) is 2.87. The molecule has 0 bridgehead atoms. The molecule has 1 aromatic heterocycles. The molecule has 1 heterocycles. The molecule has 0 aliphatic heterocycles. The zero-order chi connectivity index (χ0) is 8.43. The molecule has 0 fully saturated rings. The number of carboxylic acids is 1. The van der Waals surface area contributed by atoms with Gasteiger partial charge in [0.2, 0.25) is 0 Å². The molecule has 0 saturated carbocycles. The Labute approximate surface area is 70.0 Å². The van der Waals surface area contributed by atoms with Gasteiger partial charge < -0.3 is 10.1 Å². The van der Waals surface area contributed by atoms with Crippen molar-refractivity contribution in [2.75, 3.05) is 0 Å². The number of aromatic carboxylic acids is 1. The third kappa shape index (κ3) is 1.48. The fraction of sp³-hybridized carbons (Fsp3) is 0. The van der Waals surface area contributed by atoms with Crippen LogP contribution >= 0.6 is 15.9 Å². The Balaban J connectivity index is 3.45. The molecule has 5 heteroatoms. The minimum absolute atomic E-state index is 0.192. The first kappa shape index (κ1) is 8.00. The van der Waals surface area contributed by atoms with Crippen molar-refractivity contribution in [3.8, 4) is 0 Å². The van der Waals surface area contributed by atoms with Crippen molar-refractivity contribution in [2.24, 2.45) is 0 Å². The second-order valence-electron chi connectivity index (χ2n) is 1.84. The second-order valence-corrected chi connectivity index (χ2v) is 2.63. The number of H-pyrrole nitrogens is 1. The van der Waals surface area contributed by atoms with Crippen molar-refractivity contribution in [1.82, 2.24) is 4.98 Å². The monoisotopic (exact) mass is 217 g/mol. The highest BCUT2D eigenvalue weighted by atomic mass is 79.9. The highest BCUT2D eigenvalue weighted by Gasteiger charge is 2.11. The van der Waals surface area contributed by atoms with Gasteiger partial charge in [-0.25, -0.2) is 4.79 Å². The van der Waals surface area contributed by atoms with Gasteiger partial charge >= 0.3 is 5.97 Å². The van der Waals surface area contributed by atoms with E-state index >= 15 is 0 Å². The van der Waals surface area contributed by atoms with E-state index in [0.29, 0.717) is 0 Å². The molecule has 11 heavy (non-hydrogen) atoms. The smallest absolute Gasteiger partial charge is 0.342 e. The summed E-state index contributed by atoms with van der Waals surface area (Å²) in [5.74, 6) is -1.24. The number of hydrogen-bond acceptors (Lipinski definition) is 2. The van der Waals surface area contributed by atoms with Crippen LogP contribution in [0.2, 0.25) is 0 Å². The molecule has 1 rings (SSSR count). The molecule has 0 amide bonds. The van der Waals surface area contributed by atoms with Crippen molar-refractivity contribution in [3.63, 3.8) is 0 Å². The molecule has 0 aromatic carbocycles. The van der Waals surface area contributed by atoms with Crippen molar-refractivity contribution < 1.29 is 9.90 Å². The minimum Gasteiger partial charge on any atom is -0.477 e. The SMILES string of the molecule is O=C(O)c1c(Br)[nH]ccc1=O. The number of aromatic nitrogens is 1. The summed E-state index contributed by atoms with van der Waals surface area (Å²) in [6.07, 6.45) is 1.37. The van der Waals surface area contributed by atoms with E-state index in [1.54, 1.807) is 0 Å². The standard InChI is InChI=1S/C6H4BrNO3/c7-5-4(6(10)11)3(9)1-2-8-5/h1-2H,(H,8,9)(H,10,11). The van der Waals surface area contributed by atoms with E-state index in [1.165, 1.54) is 6.20 Å². The van der Waals surface area contributed by atoms with Gasteiger partial charge in [0.1, 0.15) is 10.2 Å². The Bertz CT molecular complexity index is 344. The molecular formula is C6H4BrNO3. The summed E-state index contributed by atoms with van der Waals surface area (Å²) < 4.78 is 0.192. The van der Waals surface area contributed by atoms with Crippen molar-refractivity contribution >= 4 is 21.9 Å². The molecule has 0 saturated heterocycles.